The summed E-state index contributed by atoms with van der Waals surface area (Å²) in [5.41, 5.74) is 0.705. The van der Waals surface area contributed by atoms with Crippen molar-refractivity contribution in [3.63, 3.8) is 0 Å². The zero-order chi connectivity index (χ0) is 17.7. The van der Waals surface area contributed by atoms with E-state index in [1.54, 1.807) is 47.7 Å². The number of carbonyl (C=O) groups is 2. The number of hydrogen-bond acceptors (Lipinski definition) is 5. The van der Waals surface area contributed by atoms with Crippen LogP contribution in [0.1, 0.15) is 25.6 Å². The first kappa shape index (κ1) is 16.2. The molecule has 130 valence electrons. The van der Waals surface area contributed by atoms with Crippen molar-refractivity contribution in [2.24, 2.45) is 5.92 Å². The Labute approximate surface area is 149 Å². The molecule has 0 bridgehead atoms. The largest absolute Gasteiger partial charge is 0.467 e. The summed E-state index contributed by atoms with van der Waals surface area (Å²) in [5.74, 6) is -0.605. The fraction of sp³-hybridized carbons (Fsp3) is 0.333. The van der Waals surface area contributed by atoms with Crippen LogP contribution >= 0.6 is 11.6 Å². The van der Waals surface area contributed by atoms with Gasteiger partial charge in [-0.05, 0) is 50.2 Å². The molecule has 3 heterocycles. The molecule has 4 rings (SSSR count). The van der Waals surface area contributed by atoms with Gasteiger partial charge in [-0.15, -0.1) is 0 Å². The van der Waals surface area contributed by atoms with Crippen molar-refractivity contribution in [2.45, 2.75) is 32.0 Å². The summed E-state index contributed by atoms with van der Waals surface area (Å²) in [6.07, 6.45) is 0.699. The second kappa shape index (κ2) is 5.89. The molecule has 25 heavy (non-hydrogen) atoms. The van der Waals surface area contributed by atoms with E-state index in [0.717, 1.165) is 0 Å². The number of amides is 2. The summed E-state index contributed by atoms with van der Waals surface area (Å²) in [5, 5.41) is 2.17. The van der Waals surface area contributed by atoms with E-state index in [1.165, 1.54) is 4.90 Å². The van der Waals surface area contributed by atoms with Gasteiger partial charge in [0.15, 0.2) is 6.10 Å². The Hall–Kier alpha value is -2.31. The molecule has 2 aliphatic rings. The molecular weight excluding hydrogens is 344 g/mol. The summed E-state index contributed by atoms with van der Waals surface area (Å²) in [6, 6.07) is 9.86. The first-order chi connectivity index (χ1) is 12.0. The van der Waals surface area contributed by atoms with Crippen molar-refractivity contribution in [1.82, 2.24) is 4.90 Å². The SMILES string of the molecule is CC(C)N1C(=O)C2ON(c3ccc(Cl)cc3)C(c3ccco3)C2C1=O. The van der Waals surface area contributed by atoms with E-state index >= 15 is 0 Å². The number of hydroxylamine groups is 1. The van der Waals surface area contributed by atoms with Crippen LogP contribution in [0.3, 0.4) is 0 Å². The average Bonchev–Trinajstić information content (AvgIpc) is 3.26. The lowest BCUT2D eigenvalue weighted by molar-refractivity contribution is -0.145. The Bertz CT molecular complexity index is 803. The van der Waals surface area contributed by atoms with Crippen LogP contribution in [-0.2, 0) is 14.4 Å². The Kier molecular flexibility index (Phi) is 3.81. The van der Waals surface area contributed by atoms with Crippen molar-refractivity contribution >= 4 is 29.1 Å². The number of imide groups is 1. The molecule has 6 nitrogen and oxygen atoms in total. The van der Waals surface area contributed by atoms with Gasteiger partial charge < -0.3 is 4.42 Å². The van der Waals surface area contributed by atoms with Gasteiger partial charge in [0.1, 0.15) is 17.7 Å². The molecule has 3 atom stereocenters. The molecule has 2 aromatic rings. The van der Waals surface area contributed by atoms with Crippen LogP contribution in [0.15, 0.2) is 47.1 Å². The van der Waals surface area contributed by atoms with Crippen molar-refractivity contribution in [1.29, 1.82) is 0 Å². The predicted molar refractivity (Wildman–Crippen MR) is 90.7 cm³/mol. The number of anilines is 1. The third-order valence-electron chi connectivity index (χ3n) is 4.58. The van der Waals surface area contributed by atoms with Gasteiger partial charge in [0, 0.05) is 11.1 Å². The summed E-state index contributed by atoms with van der Waals surface area (Å²) < 4.78 is 5.55. The van der Waals surface area contributed by atoms with Crippen LogP contribution in [0.2, 0.25) is 5.02 Å². The minimum absolute atomic E-state index is 0.213. The van der Waals surface area contributed by atoms with Gasteiger partial charge >= 0.3 is 0 Å². The lowest BCUT2D eigenvalue weighted by Crippen LogP contribution is -2.41. The Morgan fingerprint density at radius 2 is 1.80 bits per heavy atom. The van der Waals surface area contributed by atoms with Gasteiger partial charge in [-0.1, -0.05) is 11.6 Å². The molecule has 0 N–H and O–H groups in total. The molecule has 2 amide bonds. The van der Waals surface area contributed by atoms with Gasteiger partial charge in [0.25, 0.3) is 5.91 Å². The predicted octanol–water partition coefficient (Wildman–Crippen LogP) is 3.19. The van der Waals surface area contributed by atoms with E-state index < -0.39 is 18.1 Å². The lowest BCUT2D eigenvalue weighted by Gasteiger charge is -2.28. The number of rotatable bonds is 3. The molecular formula is C18H17ClN2O4. The maximum absolute atomic E-state index is 12.9. The van der Waals surface area contributed by atoms with E-state index in [0.29, 0.717) is 16.5 Å². The summed E-state index contributed by atoms with van der Waals surface area (Å²) in [4.78, 5) is 32.8. The van der Waals surface area contributed by atoms with E-state index in [9.17, 15) is 9.59 Å². The number of benzene rings is 1. The van der Waals surface area contributed by atoms with Crippen molar-refractivity contribution in [2.75, 3.05) is 5.06 Å². The highest BCUT2D eigenvalue weighted by molar-refractivity contribution is 6.30. The fourth-order valence-corrected chi connectivity index (χ4v) is 3.63. The number of furan rings is 1. The normalized spacial score (nSPS) is 26.0. The molecule has 2 fully saturated rings. The number of fused-ring (bicyclic) bond motifs is 1. The highest BCUT2D eigenvalue weighted by Gasteiger charge is 2.61. The average molecular weight is 361 g/mol. The topological polar surface area (TPSA) is 63.0 Å². The van der Waals surface area contributed by atoms with Crippen molar-refractivity contribution in [3.8, 4) is 0 Å². The second-order valence-electron chi connectivity index (χ2n) is 6.45. The van der Waals surface area contributed by atoms with Crippen LogP contribution < -0.4 is 5.06 Å². The van der Waals surface area contributed by atoms with E-state index in [-0.39, 0.29) is 17.9 Å². The quantitative estimate of drug-likeness (QED) is 0.786. The molecule has 7 heteroatoms. The van der Waals surface area contributed by atoms with Crippen LogP contribution in [0, 0.1) is 5.92 Å². The first-order valence-corrected chi connectivity index (χ1v) is 8.48. The van der Waals surface area contributed by atoms with Gasteiger partial charge in [-0.25, -0.2) is 5.06 Å². The van der Waals surface area contributed by atoms with E-state index in [1.807, 2.05) is 13.8 Å². The van der Waals surface area contributed by atoms with E-state index in [4.69, 9.17) is 20.9 Å². The second-order valence-corrected chi connectivity index (χ2v) is 6.89. The Balaban J connectivity index is 1.77. The standard InChI is InChI=1S/C18H17ClN2O4/c1-10(2)20-17(22)14-15(13-4-3-9-24-13)21(25-16(14)18(20)23)12-7-5-11(19)6-8-12/h3-10,14-16H,1-2H3. The number of halogens is 1. The highest BCUT2D eigenvalue weighted by atomic mass is 35.5. The third-order valence-corrected chi connectivity index (χ3v) is 4.83. The zero-order valence-electron chi connectivity index (χ0n) is 13.8. The van der Waals surface area contributed by atoms with Crippen LogP contribution in [0.25, 0.3) is 0 Å². The fourth-order valence-electron chi connectivity index (χ4n) is 3.50. The summed E-state index contributed by atoms with van der Waals surface area (Å²) in [7, 11) is 0. The smallest absolute Gasteiger partial charge is 0.262 e. The molecule has 0 saturated carbocycles. The maximum atomic E-state index is 12.9. The Morgan fingerprint density at radius 1 is 1.08 bits per heavy atom. The third kappa shape index (κ3) is 2.44. The molecule has 1 aromatic carbocycles. The van der Waals surface area contributed by atoms with Crippen molar-refractivity contribution < 1.29 is 18.8 Å². The van der Waals surface area contributed by atoms with Gasteiger partial charge in [-0.2, -0.15) is 0 Å². The molecule has 0 aliphatic carbocycles. The minimum atomic E-state index is -0.847. The molecule has 3 unspecified atom stereocenters. The zero-order valence-corrected chi connectivity index (χ0v) is 14.5. The molecule has 0 spiro atoms. The molecule has 0 radical (unpaired) electrons. The molecule has 2 aliphatic heterocycles. The number of carbonyl (C=O) groups excluding carboxylic acids is 2. The molecule has 2 saturated heterocycles. The summed E-state index contributed by atoms with van der Waals surface area (Å²) in [6.45, 7) is 3.63. The van der Waals surface area contributed by atoms with Crippen LogP contribution in [0.4, 0.5) is 5.69 Å². The Morgan fingerprint density at radius 3 is 2.40 bits per heavy atom. The summed E-state index contributed by atoms with van der Waals surface area (Å²) >= 11 is 5.96. The monoisotopic (exact) mass is 360 g/mol. The maximum Gasteiger partial charge on any atom is 0.262 e. The lowest BCUT2D eigenvalue weighted by atomic mass is 9.94. The van der Waals surface area contributed by atoms with Crippen molar-refractivity contribution in [3.05, 3.63) is 53.4 Å². The van der Waals surface area contributed by atoms with Gasteiger partial charge in [0.05, 0.1) is 12.0 Å². The van der Waals surface area contributed by atoms with Crippen LogP contribution in [-0.4, -0.2) is 28.9 Å². The highest BCUT2D eigenvalue weighted by Crippen LogP contribution is 2.47. The van der Waals surface area contributed by atoms with E-state index in [2.05, 4.69) is 0 Å². The van der Waals surface area contributed by atoms with Crippen LogP contribution in [0.5, 0.6) is 0 Å². The minimum Gasteiger partial charge on any atom is -0.467 e. The molecule has 1 aromatic heterocycles. The number of hydrogen-bond donors (Lipinski definition) is 0. The van der Waals surface area contributed by atoms with Gasteiger partial charge in [-0.3, -0.25) is 19.3 Å². The van der Waals surface area contributed by atoms with Gasteiger partial charge in [0.2, 0.25) is 5.91 Å². The number of likely N-dealkylation sites (tertiary alicyclic amines) is 1. The first-order valence-electron chi connectivity index (χ1n) is 8.11. The number of nitrogens with zero attached hydrogens (tertiary/aromatic N) is 2.